The average molecular weight is 483 g/mol. The number of pyridine rings is 1. The van der Waals surface area contributed by atoms with Crippen LogP contribution in [0.3, 0.4) is 0 Å². The van der Waals surface area contributed by atoms with Crippen LogP contribution in [-0.4, -0.2) is 26.2 Å². The monoisotopic (exact) mass is 483 g/mol. The Labute approximate surface area is 198 Å². The lowest BCUT2D eigenvalue weighted by Gasteiger charge is -2.13. The van der Waals surface area contributed by atoms with Gasteiger partial charge >= 0.3 is 12.1 Å². The van der Waals surface area contributed by atoms with E-state index in [1.807, 2.05) is 45.0 Å². The second kappa shape index (κ2) is 9.49. The topological polar surface area (TPSA) is 116 Å². The molecule has 35 heavy (non-hydrogen) atoms. The molecule has 0 radical (unpaired) electrons. The summed E-state index contributed by atoms with van der Waals surface area (Å²) in [5, 5.41) is 18.3. The summed E-state index contributed by atoms with van der Waals surface area (Å²) >= 11 is 0. The van der Waals surface area contributed by atoms with E-state index >= 15 is 0 Å². The standard InChI is InChI=1S/C23H20F3N7O2/c1-13-21(14(2)29-12-28-13)17-6-4-16(5-7-17)15(3)33-11-20(35-32-33)31-22(34)30-18-8-9-27-19(10-18)23(24,25)26/h4-12,15H,1-3H3,(H-,27,30,31,32,34). The molecule has 0 aliphatic rings. The minimum Gasteiger partial charge on any atom is -0.846 e. The Morgan fingerprint density at radius 1 is 1.09 bits per heavy atom. The number of alkyl halides is 3. The van der Waals surface area contributed by atoms with Gasteiger partial charge in [-0.15, -0.1) is 0 Å². The molecule has 0 fully saturated rings. The number of aromatic nitrogens is 5. The van der Waals surface area contributed by atoms with Crippen molar-refractivity contribution in [3.63, 3.8) is 0 Å². The third-order valence-electron chi connectivity index (χ3n) is 5.29. The van der Waals surface area contributed by atoms with Gasteiger partial charge in [0.1, 0.15) is 12.0 Å². The predicted octanol–water partition coefficient (Wildman–Crippen LogP) is 3.52. The highest BCUT2D eigenvalue weighted by molar-refractivity contribution is 5.86. The first kappa shape index (κ1) is 23.8. The third kappa shape index (κ3) is 5.42. The second-order valence-electron chi connectivity index (χ2n) is 7.71. The van der Waals surface area contributed by atoms with Gasteiger partial charge in [-0.2, -0.15) is 13.2 Å². The Hall–Kier alpha value is -4.35. The molecular formula is C23H20F3N7O2. The quantitative estimate of drug-likeness (QED) is 0.262. The first-order valence-electron chi connectivity index (χ1n) is 10.4. The van der Waals surface area contributed by atoms with Crippen molar-refractivity contribution in [3.05, 3.63) is 77.8 Å². The molecule has 0 aliphatic heterocycles. The lowest BCUT2D eigenvalue weighted by atomic mass is 9.99. The first-order chi connectivity index (χ1) is 16.6. The van der Waals surface area contributed by atoms with Crippen LogP contribution in [-0.2, 0) is 6.18 Å². The van der Waals surface area contributed by atoms with Crippen LogP contribution >= 0.6 is 0 Å². The minimum atomic E-state index is -4.63. The Kier molecular flexibility index (Phi) is 6.45. The van der Waals surface area contributed by atoms with Gasteiger partial charge in [0.2, 0.25) is 11.3 Å². The van der Waals surface area contributed by atoms with E-state index in [-0.39, 0.29) is 17.6 Å². The number of hydrogen-bond acceptors (Lipinski definition) is 7. The Bertz CT molecular complexity index is 1350. The molecule has 0 spiro atoms. The first-order valence-corrected chi connectivity index (χ1v) is 10.4. The predicted molar refractivity (Wildman–Crippen MR) is 117 cm³/mol. The number of anilines is 1. The molecule has 1 atom stereocenters. The smallest absolute Gasteiger partial charge is 0.433 e. The van der Waals surface area contributed by atoms with E-state index in [0.29, 0.717) is 6.07 Å². The van der Waals surface area contributed by atoms with Crippen LogP contribution in [0.25, 0.3) is 11.1 Å². The second-order valence-corrected chi connectivity index (χ2v) is 7.71. The van der Waals surface area contributed by atoms with E-state index in [1.54, 1.807) is 0 Å². The van der Waals surface area contributed by atoms with Crippen LogP contribution < -0.4 is 15.1 Å². The van der Waals surface area contributed by atoms with E-state index < -0.39 is 17.9 Å². The molecule has 180 valence electrons. The number of nitrogens with one attached hydrogen (secondary N) is 1. The summed E-state index contributed by atoms with van der Waals surface area (Å²) in [6, 6.07) is 8.59. The fraction of sp³-hybridized carbons (Fsp3) is 0.217. The van der Waals surface area contributed by atoms with E-state index in [9.17, 15) is 18.3 Å². The van der Waals surface area contributed by atoms with E-state index in [1.165, 1.54) is 23.3 Å². The zero-order valence-corrected chi connectivity index (χ0v) is 18.9. The molecule has 9 nitrogen and oxygen atoms in total. The van der Waals surface area contributed by atoms with Gasteiger partial charge < -0.3 is 10.4 Å². The van der Waals surface area contributed by atoms with Crippen LogP contribution in [0.5, 0.6) is 0 Å². The SMILES string of the molecule is Cc1ncnc(C)c1-c1ccc(C(C)[n+]2cc(N=C([O-])Nc3ccnc(C(F)(F)F)c3)on2)cc1. The lowest BCUT2D eigenvalue weighted by Crippen LogP contribution is -2.39. The number of halogens is 3. The highest BCUT2D eigenvalue weighted by Gasteiger charge is 2.32. The summed E-state index contributed by atoms with van der Waals surface area (Å²) in [5.74, 6) is -0.108. The van der Waals surface area contributed by atoms with Crippen molar-refractivity contribution >= 4 is 17.6 Å². The Morgan fingerprint density at radius 3 is 2.43 bits per heavy atom. The Morgan fingerprint density at radius 2 is 1.77 bits per heavy atom. The van der Waals surface area contributed by atoms with Gasteiger partial charge in [-0.25, -0.2) is 15.0 Å². The van der Waals surface area contributed by atoms with Gasteiger partial charge in [0.15, 0.2) is 0 Å². The average Bonchev–Trinajstić information content (AvgIpc) is 3.27. The van der Waals surface area contributed by atoms with Crippen molar-refractivity contribution in [2.75, 3.05) is 5.32 Å². The Balaban J connectivity index is 1.48. The molecule has 3 aromatic heterocycles. The highest BCUT2D eigenvalue weighted by Crippen LogP contribution is 2.29. The summed E-state index contributed by atoms with van der Waals surface area (Å²) in [5.41, 5.74) is 3.43. The fourth-order valence-electron chi connectivity index (χ4n) is 3.49. The van der Waals surface area contributed by atoms with Crippen LogP contribution in [0.2, 0.25) is 0 Å². The molecule has 12 heteroatoms. The molecule has 3 heterocycles. The lowest BCUT2D eigenvalue weighted by molar-refractivity contribution is -0.774. The molecule has 1 N–H and O–H groups in total. The van der Waals surface area contributed by atoms with Gasteiger partial charge in [0.05, 0.1) is 6.02 Å². The maximum Gasteiger partial charge on any atom is 0.433 e. The molecule has 4 rings (SSSR count). The summed E-state index contributed by atoms with van der Waals surface area (Å²) < 4.78 is 44.9. The molecule has 0 aliphatic carbocycles. The fourth-order valence-corrected chi connectivity index (χ4v) is 3.49. The van der Waals surface area contributed by atoms with Gasteiger partial charge in [0.25, 0.3) is 6.20 Å². The molecule has 0 amide bonds. The van der Waals surface area contributed by atoms with Gasteiger partial charge in [-0.1, -0.05) is 24.3 Å². The van der Waals surface area contributed by atoms with Crippen molar-refractivity contribution in [2.24, 2.45) is 4.99 Å². The van der Waals surface area contributed by atoms with Crippen molar-refractivity contribution in [1.82, 2.24) is 20.2 Å². The maximum atomic E-state index is 12.8. The van der Waals surface area contributed by atoms with Crippen molar-refractivity contribution in [3.8, 4) is 11.1 Å². The van der Waals surface area contributed by atoms with Gasteiger partial charge in [-0.05, 0) is 36.2 Å². The van der Waals surface area contributed by atoms with Crippen LogP contribution in [0.1, 0.15) is 35.6 Å². The third-order valence-corrected chi connectivity index (χ3v) is 5.29. The summed E-state index contributed by atoms with van der Waals surface area (Å²) in [6.45, 7) is 5.74. The molecule has 0 saturated heterocycles. The molecule has 1 unspecified atom stereocenters. The molecule has 4 aromatic rings. The normalized spacial score (nSPS) is 13.0. The largest absolute Gasteiger partial charge is 0.846 e. The summed E-state index contributed by atoms with van der Waals surface area (Å²) in [7, 11) is 0. The maximum absolute atomic E-state index is 12.8. The number of amidine groups is 1. The van der Waals surface area contributed by atoms with Crippen LogP contribution in [0.15, 0.2) is 64.6 Å². The molecular weight excluding hydrogens is 463 g/mol. The highest BCUT2D eigenvalue weighted by atomic mass is 19.4. The van der Waals surface area contributed by atoms with E-state index in [2.05, 4.69) is 30.5 Å². The van der Waals surface area contributed by atoms with Crippen LogP contribution in [0, 0.1) is 13.8 Å². The van der Waals surface area contributed by atoms with E-state index in [4.69, 9.17) is 4.52 Å². The van der Waals surface area contributed by atoms with Crippen molar-refractivity contribution in [2.45, 2.75) is 33.0 Å². The summed E-state index contributed by atoms with van der Waals surface area (Å²) in [4.78, 5) is 15.5. The number of aryl methyl sites for hydroxylation is 2. The van der Waals surface area contributed by atoms with E-state index in [0.717, 1.165) is 34.3 Å². The molecule has 0 saturated carbocycles. The number of aliphatic imine (C=N–C) groups is 1. The number of nitrogens with zero attached hydrogens (tertiary/aromatic N) is 6. The molecule has 0 bridgehead atoms. The van der Waals surface area contributed by atoms with Crippen molar-refractivity contribution < 1.29 is 27.5 Å². The van der Waals surface area contributed by atoms with Gasteiger partial charge in [0, 0.05) is 41.3 Å². The minimum absolute atomic E-state index is 0.101. The van der Waals surface area contributed by atoms with Crippen LogP contribution in [0.4, 0.5) is 24.7 Å². The molecule has 1 aromatic carbocycles. The zero-order chi connectivity index (χ0) is 25.2. The zero-order valence-electron chi connectivity index (χ0n) is 18.9. The summed E-state index contributed by atoms with van der Waals surface area (Å²) in [6.07, 6.45) is -0.729. The number of benzene rings is 1. The number of hydrogen-bond donors (Lipinski definition) is 1. The van der Waals surface area contributed by atoms with Crippen molar-refractivity contribution in [1.29, 1.82) is 0 Å². The van der Waals surface area contributed by atoms with Gasteiger partial charge in [-0.3, -0.25) is 9.51 Å². The number of rotatable bonds is 5.